The molecule has 0 aliphatic rings. The molecule has 0 aliphatic carbocycles. The van der Waals surface area contributed by atoms with Crippen LogP contribution in [0.4, 0.5) is 0 Å². The van der Waals surface area contributed by atoms with Crippen LogP contribution in [-0.4, -0.2) is 11.1 Å². The van der Waals surface area contributed by atoms with Crippen LogP contribution in [0.2, 0.25) is 0 Å². The van der Waals surface area contributed by atoms with Crippen LogP contribution in [0, 0.1) is 0 Å². The smallest absolute Gasteiger partial charge is 0.328 e. The number of hydrogen-bond donors (Lipinski definition) is 1. The normalized spacial score (nSPS) is 11.3. The minimum absolute atomic E-state index is 0.924. The van der Waals surface area contributed by atoms with E-state index in [0.717, 1.165) is 13.5 Å². The van der Waals surface area contributed by atoms with Gasteiger partial charge in [0.25, 0.3) is 0 Å². The summed E-state index contributed by atoms with van der Waals surface area (Å²) in [6, 6.07) is 12.4. The fourth-order valence-corrected chi connectivity index (χ4v) is 5.26. The highest BCUT2D eigenvalue weighted by molar-refractivity contribution is 9.11. The molecular weight excluding hydrogens is 388 g/mol. The van der Waals surface area contributed by atoms with Gasteiger partial charge in [0.15, 0.2) is 0 Å². The van der Waals surface area contributed by atoms with E-state index in [2.05, 4.69) is 40.2 Å². The third-order valence-electron chi connectivity index (χ3n) is 2.68. The molecule has 3 aromatic rings. The summed E-state index contributed by atoms with van der Waals surface area (Å²) in [5, 5.41) is 8.65. The van der Waals surface area contributed by atoms with Crippen LogP contribution < -0.4 is 0 Å². The molecule has 0 saturated carbocycles. The van der Waals surface area contributed by atoms with Gasteiger partial charge in [0.05, 0.1) is 3.79 Å². The lowest BCUT2D eigenvalue weighted by atomic mass is 10.3. The SMILES string of the molecule is O=C(O)/C=C/c1ccc(-c2ccc(-c3ccc(Br)s3)s2)s1. The quantitative estimate of drug-likeness (QED) is 0.543. The molecule has 0 aliphatic heterocycles. The maximum atomic E-state index is 10.5. The Balaban J connectivity index is 1.85. The van der Waals surface area contributed by atoms with Crippen LogP contribution in [0.25, 0.3) is 25.6 Å². The average Bonchev–Trinajstić information content (AvgIpc) is 3.15. The Morgan fingerprint density at radius 2 is 1.48 bits per heavy atom. The van der Waals surface area contributed by atoms with Gasteiger partial charge >= 0.3 is 5.97 Å². The second kappa shape index (κ2) is 6.27. The lowest BCUT2D eigenvalue weighted by Crippen LogP contribution is -1.84. The lowest BCUT2D eigenvalue weighted by Gasteiger charge is -1.90. The van der Waals surface area contributed by atoms with Crippen LogP contribution in [0.5, 0.6) is 0 Å². The van der Waals surface area contributed by atoms with E-state index in [9.17, 15) is 4.79 Å². The largest absolute Gasteiger partial charge is 0.478 e. The molecule has 3 aromatic heterocycles. The van der Waals surface area contributed by atoms with Gasteiger partial charge in [0.1, 0.15) is 0 Å². The predicted molar refractivity (Wildman–Crippen MR) is 95.3 cm³/mol. The van der Waals surface area contributed by atoms with Crippen molar-refractivity contribution in [2.24, 2.45) is 0 Å². The highest BCUT2D eigenvalue weighted by Gasteiger charge is 2.08. The summed E-state index contributed by atoms with van der Waals surface area (Å²) in [4.78, 5) is 16.3. The first-order valence-electron chi connectivity index (χ1n) is 5.98. The zero-order valence-corrected chi connectivity index (χ0v) is 14.6. The number of aliphatic carboxylic acids is 1. The third kappa shape index (κ3) is 3.52. The van der Waals surface area contributed by atoms with Gasteiger partial charge in [-0.05, 0) is 58.4 Å². The summed E-state index contributed by atoms with van der Waals surface area (Å²) in [5.74, 6) is -0.924. The molecule has 0 unspecified atom stereocenters. The Hall–Kier alpha value is -1.21. The number of thiophene rings is 3. The molecule has 1 N–H and O–H groups in total. The van der Waals surface area contributed by atoms with Gasteiger partial charge in [0.2, 0.25) is 0 Å². The summed E-state index contributed by atoms with van der Waals surface area (Å²) in [6.45, 7) is 0. The Bertz CT molecular complexity index is 810. The molecular formula is C15H9BrO2S3. The first kappa shape index (κ1) is 14.7. The van der Waals surface area contributed by atoms with E-state index in [-0.39, 0.29) is 0 Å². The average molecular weight is 397 g/mol. The molecule has 0 radical (unpaired) electrons. The molecule has 2 nitrogen and oxygen atoms in total. The molecule has 0 atom stereocenters. The maximum Gasteiger partial charge on any atom is 0.328 e. The molecule has 0 saturated heterocycles. The van der Waals surface area contributed by atoms with Gasteiger partial charge in [-0.15, -0.1) is 34.0 Å². The monoisotopic (exact) mass is 396 g/mol. The number of halogens is 1. The highest BCUT2D eigenvalue weighted by atomic mass is 79.9. The van der Waals surface area contributed by atoms with Crippen molar-refractivity contribution in [3.8, 4) is 19.5 Å². The van der Waals surface area contributed by atoms with Crippen molar-refractivity contribution in [2.45, 2.75) is 0 Å². The zero-order valence-electron chi connectivity index (χ0n) is 10.6. The molecule has 106 valence electrons. The second-order valence-corrected chi connectivity index (χ2v) is 8.80. The van der Waals surface area contributed by atoms with E-state index in [1.165, 1.54) is 20.7 Å². The Kier molecular flexibility index (Phi) is 4.40. The standard InChI is InChI=1S/C15H9BrO2S3/c16-14-7-6-13(21-14)12-5-4-11(20-12)10-3-1-9(19-10)2-8-15(17)18/h1-8H,(H,17,18)/b8-2+. The van der Waals surface area contributed by atoms with Crippen molar-refractivity contribution in [3.05, 3.63) is 51.1 Å². The molecule has 6 heteroatoms. The van der Waals surface area contributed by atoms with Crippen LogP contribution >= 0.6 is 49.9 Å². The lowest BCUT2D eigenvalue weighted by molar-refractivity contribution is -0.131. The summed E-state index contributed by atoms with van der Waals surface area (Å²) < 4.78 is 1.13. The Morgan fingerprint density at radius 3 is 2.10 bits per heavy atom. The van der Waals surface area contributed by atoms with Crippen molar-refractivity contribution >= 4 is 62.0 Å². The fraction of sp³-hybridized carbons (Fsp3) is 0. The first-order chi connectivity index (χ1) is 10.1. The van der Waals surface area contributed by atoms with Crippen molar-refractivity contribution in [3.63, 3.8) is 0 Å². The fourth-order valence-electron chi connectivity index (χ4n) is 1.78. The number of carboxylic acid groups (broad SMARTS) is 1. The number of rotatable bonds is 4. The van der Waals surface area contributed by atoms with Crippen LogP contribution in [0.15, 0.2) is 46.3 Å². The number of hydrogen-bond acceptors (Lipinski definition) is 4. The van der Waals surface area contributed by atoms with Crippen molar-refractivity contribution in [1.82, 2.24) is 0 Å². The van der Waals surface area contributed by atoms with E-state index >= 15 is 0 Å². The van der Waals surface area contributed by atoms with Crippen molar-refractivity contribution in [1.29, 1.82) is 0 Å². The molecule has 3 heterocycles. The minimum Gasteiger partial charge on any atom is -0.478 e. The summed E-state index contributed by atoms with van der Waals surface area (Å²) in [7, 11) is 0. The molecule has 21 heavy (non-hydrogen) atoms. The minimum atomic E-state index is -0.924. The number of carboxylic acids is 1. The summed E-state index contributed by atoms with van der Waals surface area (Å²) in [5.41, 5.74) is 0. The number of carbonyl (C=O) groups is 1. The van der Waals surface area contributed by atoms with Crippen LogP contribution in [-0.2, 0) is 4.79 Å². The molecule has 0 bridgehead atoms. The van der Waals surface area contributed by atoms with Crippen molar-refractivity contribution < 1.29 is 9.90 Å². The predicted octanol–water partition coefficient (Wildman–Crippen LogP) is 6.07. The van der Waals surface area contributed by atoms with Gasteiger partial charge in [0, 0.05) is 30.5 Å². The van der Waals surface area contributed by atoms with E-state index < -0.39 is 5.97 Å². The topological polar surface area (TPSA) is 37.3 Å². The second-order valence-electron chi connectivity index (χ2n) is 4.14. The van der Waals surface area contributed by atoms with Gasteiger partial charge in [-0.1, -0.05) is 0 Å². The molecule has 0 aromatic carbocycles. The van der Waals surface area contributed by atoms with Gasteiger partial charge in [-0.25, -0.2) is 4.79 Å². The first-order valence-corrected chi connectivity index (χ1v) is 9.23. The summed E-state index contributed by atoms with van der Waals surface area (Å²) >= 11 is 8.55. The Morgan fingerprint density at radius 1 is 0.905 bits per heavy atom. The molecule has 3 rings (SSSR count). The maximum absolute atomic E-state index is 10.5. The molecule has 0 fully saturated rings. The van der Waals surface area contributed by atoms with E-state index in [4.69, 9.17) is 5.11 Å². The summed E-state index contributed by atoms with van der Waals surface area (Å²) in [6.07, 6.45) is 2.79. The molecule has 0 spiro atoms. The van der Waals surface area contributed by atoms with Crippen molar-refractivity contribution in [2.75, 3.05) is 0 Å². The highest BCUT2D eigenvalue weighted by Crippen LogP contribution is 2.40. The molecule has 0 amide bonds. The van der Waals surface area contributed by atoms with E-state index in [0.29, 0.717) is 0 Å². The zero-order chi connectivity index (χ0) is 14.8. The van der Waals surface area contributed by atoms with E-state index in [1.54, 1.807) is 40.1 Å². The van der Waals surface area contributed by atoms with Crippen LogP contribution in [0.3, 0.4) is 0 Å². The van der Waals surface area contributed by atoms with Gasteiger partial charge in [-0.3, -0.25) is 0 Å². The van der Waals surface area contributed by atoms with Gasteiger partial charge in [-0.2, -0.15) is 0 Å². The van der Waals surface area contributed by atoms with Gasteiger partial charge < -0.3 is 5.11 Å². The van der Waals surface area contributed by atoms with Crippen LogP contribution in [0.1, 0.15) is 4.88 Å². The Labute approximate surface area is 142 Å². The van der Waals surface area contributed by atoms with E-state index in [1.807, 2.05) is 12.1 Å². The third-order valence-corrected chi connectivity index (χ3v) is 6.83.